The Hall–Kier alpha value is -2.47. The van der Waals surface area contributed by atoms with Crippen LogP contribution in [-0.4, -0.2) is 29.6 Å². The molecule has 6 nitrogen and oxygen atoms in total. The van der Waals surface area contributed by atoms with Crippen LogP contribution in [0.25, 0.3) is 10.9 Å². The van der Waals surface area contributed by atoms with Gasteiger partial charge in [-0.05, 0) is 30.3 Å². The fourth-order valence-electron chi connectivity index (χ4n) is 1.94. The molecule has 0 aliphatic rings. The molecule has 0 atom stereocenters. The normalized spacial score (nSPS) is 10.5. The highest BCUT2D eigenvalue weighted by Crippen LogP contribution is 2.31. The van der Waals surface area contributed by atoms with Gasteiger partial charge in [0.05, 0.1) is 10.3 Å². The lowest BCUT2D eigenvalue weighted by molar-refractivity contribution is -0.383. The van der Waals surface area contributed by atoms with Crippen molar-refractivity contribution in [1.29, 1.82) is 0 Å². The van der Waals surface area contributed by atoms with Crippen molar-refractivity contribution in [2.75, 3.05) is 19.7 Å². The number of nitro groups is 1. The molecule has 1 aromatic heterocycles. The Bertz CT molecular complexity index is 670. The molecule has 110 valence electrons. The number of pyridine rings is 1. The number of nitrogens with one attached hydrogen (secondary N) is 1. The van der Waals surface area contributed by atoms with E-state index in [1.165, 1.54) is 6.07 Å². The zero-order chi connectivity index (χ0) is 15.2. The third kappa shape index (κ3) is 3.55. The highest BCUT2D eigenvalue weighted by Gasteiger charge is 2.15. The molecule has 0 saturated heterocycles. The Balaban J connectivity index is 2.23. The number of rotatable bonds is 7. The van der Waals surface area contributed by atoms with E-state index in [4.69, 9.17) is 4.74 Å². The van der Waals surface area contributed by atoms with E-state index in [0.29, 0.717) is 29.8 Å². The Morgan fingerprint density at radius 3 is 3.00 bits per heavy atom. The van der Waals surface area contributed by atoms with E-state index in [-0.39, 0.29) is 5.69 Å². The molecule has 0 spiro atoms. The average molecular weight is 287 g/mol. The number of ether oxygens (including phenoxy) is 1. The van der Waals surface area contributed by atoms with Gasteiger partial charge in [0.15, 0.2) is 0 Å². The van der Waals surface area contributed by atoms with Crippen LogP contribution in [-0.2, 0) is 0 Å². The molecule has 21 heavy (non-hydrogen) atoms. The number of aromatic nitrogens is 1. The Kier molecular flexibility index (Phi) is 4.84. The Morgan fingerprint density at radius 1 is 1.48 bits per heavy atom. The topological polar surface area (TPSA) is 77.3 Å². The van der Waals surface area contributed by atoms with Crippen LogP contribution in [0.15, 0.2) is 42.6 Å². The molecule has 2 aromatic rings. The van der Waals surface area contributed by atoms with Gasteiger partial charge in [-0.25, -0.2) is 0 Å². The second-order valence-electron chi connectivity index (χ2n) is 4.56. The zero-order valence-electron chi connectivity index (χ0n) is 11.8. The highest BCUT2D eigenvalue weighted by atomic mass is 16.6. The van der Waals surface area contributed by atoms with E-state index in [0.717, 1.165) is 12.1 Å². The smallest absolute Gasteiger partial charge is 0.279 e. The van der Waals surface area contributed by atoms with Gasteiger partial charge in [-0.1, -0.05) is 13.5 Å². The Morgan fingerprint density at radius 2 is 2.29 bits per heavy atom. The van der Waals surface area contributed by atoms with Gasteiger partial charge in [0.1, 0.15) is 17.9 Å². The molecule has 0 aliphatic carbocycles. The molecular formula is C15H17N3O3. The lowest BCUT2D eigenvalue weighted by atomic mass is 10.1. The van der Waals surface area contributed by atoms with Gasteiger partial charge in [-0.3, -0.25) is 15.1 Å². The second kappa shape index (κ2) is 6.81. The van der Waals surface area contributed by atoms with Gasteiger partial charge in [-0.15, -0.1) is 0 Å². The number of non-ortho nitro benzene ring substituents is 1. The van der Waals surface area contributed by atoms with Crippen molar-refractivity contribution in [1.82, 2.24) is 10.3 Å². The molecule has 0 fully saturated rings. The number of fused-ring (bicyclic) bond motifs is 1. The number of nitro benzene ring substituents is 1. The van der Waals surface area contributed by atoms with Crippen LogP contribution < -0.4 is 10.1 Å². The second-order valence-corrected chi connectivity index (χ2v) is 4.56. The predicted molar refractivity (Wildman–Crippen MR) is 81.6 cm³/mol. The standard InChI is InChI=1S/C15H17N3O3/c1-3-16-9-11(2)10-21-14-7-6-13(18(19)20)12-5-4-8-17-15(12)14/h4-8,16H,2-3,9-10H2,1H3. The first kappa shape index (κ1) is 14.9. The highest BCUT2D eigenvalue weighted by molar-refractivity contribution is 5.92. The van der Waals surface area contributed by atoms with Crippen molar-refractivity contribution in [3.05, 3.63) is 52.7 Å². The van der Waals surface area contributed by atoms with Gasteiger partial charge >= 0.3 is 0 Å². The number of likely N-dealkylation sites (N-methyl/N-ethyl adjacent to an activating group) is 1. The summed E-state index contributed by atoms with van der Waals surface area (Å²) in [6.07, 6.45) is 1.59. The number of nitrogens with zero attached hydrogens (tertiary/aromatic N) is 2. The quantitative estimate of drug-likeness (QED) is 0.481. The van der Waals surface area contributed by atoms with Crippen molar-refractivity contribution in [3.63, 3.8) is 0 Å². The fraction of sp³-hybridized carbons (Fsp3) is 0.267. The predicted octanol–water partition coefficient (Wildman–Crippen LogP) is 2.69. The maximum Gasteiger partial charge on any atom is 0.279 e. The summed E-state index contributed by atoms with van der Waals surface area (Å²) in [5.41, 5.74) is 1.42. The molecule has 0 bridgehead atoms. The molecule has 6 heteroatoms. The lowest BCUT2D eigenvalue weighted by Crippen LogP contribution is -2.18. The zero-order valence-corrected chi connectivity index (χ0v) is 11.8. The maximum absolute atomic E-state index is 11.0. The van der Waals surface area contributed by atoms with Gasteiger partial charge in [-0.2, -0.15) is 0 Å². The maximum atomic E-state index is 11.0. The molecule has 0 aliphatic heterocycles. The van der Waals surface area contributed by atoms with Crippen LogP contribution in [0.2, 0.25) is 0 Å². The summed E-state index contributed by atoms with van der Waals surface area (Å²) in [5.74, 6) is 0.522. The lowest BCUT2D eigenvalue weighted by Gasteiger charge is -2.11. The van der Waals surface area contributed by atoms with Crippen molar-refractivity contribution < 1.29 is 9.66 Å². The summed E-state index contributed by atoms with van der Waals surface area (Å²) in [5, 5.41) is 14.7. The van der Waals surface area contributed by atoms with Crippen LogP contribution >= 0.6 is 0 Å². The van der Waals surface area contributed by atoms with Gasteiger partial charge < -0.3 is 10.1 Å². The summed E-state index contributed by atoms with van der Waals surface area (Å²) in [6, 6.07) is 6.35. The minimum absolute atomic E-state index is 0.0249. The molecule has 0 radical (unpaired) electrons. The van der Waals surface area contributed by atoms with Crippen LogP contribution in [0, 0.1) is 10.1 Å². The minimum Gasteiger partial charge on any atom is -0.487 e. The summed E-state index contributed by atoms with van der Waals surface area (Å²) in [7, 11) is 0. The van der Waals surface area contributed by atoms with Crippen LogP contribution in [0.1, 0.15) is 6.92 Å². The summed E-state index contributed by atoms with van der Waals surface area (Å²) >= 11 is 0. The van der Waals surface area contributed by atoms with Crippen molar-refractivity contribution >= 4 is 16.6 Å². The van der Waals surface area contributed by atoms with Gasteiger partial charge in [0.25, 0.3) is 5.69 Å². The number of benzene rings is 1. The summed E-state index contributed by atoms with van der Waals surface area (Å²) < 4.78 is 5.69. The monoisotopic (exact) mass is 287 g/mol. The first-order chi connectivity index (χ1) is 10.1. The van der Waals surface area contributed by atoms with Crippen LogP contribution in [0.3, 0.4) is 0 Å². The molecule has 0 amide bonds. The molecular weight excluding hydrogens is 270 g/mol. The van der Waals surface area contributed by atoms with E-state index in [1.54, 1.807) is 24.4 Å². The average Bonchev–Trinajstić information content (AvgIpc) is 2.50. The molecule has 0 saturated carbocycles. The third-order valence-electron chi connectivity index (χ3n) is 2.96. The summed E-state index contributed by atoms with van der Waals surface area (Å²) in [6.45, 7) is 7.81. The van der Waals surface area contributed by atoms with Crippen LogP contribution in [0.5, 0.6) is 5.75 Å². The van der Waals surface area contributed by atoms with E-state index in [2.05, 4.69) is 16.9 Å². The molecule has 0 unspecified atom stereocenters. The molecule has 1 N–H and O–H groups in total. The van der Waals surface area contributed by atoms with E-state index >= 15 is 0 Å². The molecule has 2 rings (SSSR count). The number of hydrogen-bond donors (Lipinski definition) is 1. The SMILES string of the molecule is C=C(CNCC)COc1ccc([N+](=O)[O-])c2cccnc12. The first-order valence-electron chi connectivity index (χ1n) is 6.65. The van der Waals surface area contributed by atoms with E-state index < -0.39 is 4.92 Å². The fourth-order valence-corrected chi connectivity index (χ4v) is 1.94. The largest absolute Gasteiger partial charge is 0.487 e. The molecule has 1 aromatic carbocycles. The van der Waals surface area contributed by atoms with Crippen LogP contribution in [0.4, 0.5) is 5.69 Å². The molecule has 1 heterocycles. The van der Waals surface area contributed by atoms with Crippen molar-refractivity contribution in [2.45, 2.75) is 6.92 Å². The minimum atomic E-state index is -0.419. The van der Waals surface area contributed by atoms with E-state index in [9.17, 15) is 10.1 Å². The van der Waals surface area contributed by atoms with E-state index in [1.807, 2.05) is 6.92 Å². The van der Waals surface area contributed by atoms with Crippen molar-refractivity contribution in [2.24, 2.45) is 0 Å². The van der Waals surface area contributed by atoms with Gasteiger partial charge in [0, 0.05) is 18.8 Å². The summed E-state index contributed by atoms with van der Waals surface area (Å²) in [4.78, 5) is 14.8. The van der Waals surface area contributed by atoms with Gasteiger partial charge in [0.2, 0.25) is 0 Å². The first-order valence-corrected chi connectivity index (χ1v) is 6.65. The Labute approximate surface area is 122 Å². The number of hydrogen-bond acceptors (Lipinski definition) is 5. The third-order valence-corrected chi connectivity index (χ3v) is 2.96. The van der Waals surface area contributed by atoms with Crippen molar-refractivity contribution in [3.8, 4) is 5.75 Å².